The predicted octanol–water partition coefficient (Wildman–Crippen LogP) is 13.5. The summed E-state index contributed by atoms with van der Waals surface area (Å²) in [5.74, 6) is -0.908. The average molecular weight is 707 g/mol. The number of hydrogen-bond donors (Lipinski definition) is 0. The minimum atomic E-state index is -0.770. The lowest BCUT2D eigenvalue weighted by Gasteiger charge is -2.18. The van der Waals surface area contributed by atoms with Crippen molar-refractivity contribution in [2.45, 2.75) is 239 Å². The van der Waals surface area contributed by atoms with E-state index in [0.717, 1.165) is 57.8 Å². The Balaban J connectivity index is 4.34. The van der Waals surface area contributed by atoms with Crippen molar-refractivity contribution in [1.82, 2.24) is 0 Å². The van der Waals surface area contributed by atoms with E-state index in [1.807, 2.05) is 0 Å². The molecule has 6 nitrogen and oxygen atoms in total. The first-order valence-corrected chi connectivity index (χ1v) is 21.7. The van der Waals surface area contributed by atoms with Crippen LogP contribution in [0.2, 0.25) is 0 Å². The highest BCUT2D eigenvalue weighted by molar-refractivity contribution is 5.71. The van der Waals surface area contributed by atoms with E-state index in [1.54, 1.807) is 0 Å². The van der Waals surface area contributed by atoms with Crippen LogP contribution in [0.25, 0.3) is 0 Å². The van der Waals surface area contributed by atoms with Crippen molar-refractivity contribution in [2.75, 3.05) is 13.2 Å². The molecule has 0 aliphatic rings. The fourth-order valence-corrected chi connectivity index (χ4v) is 6.21. The van der Waals surface area contributed by atoms with Gasteiger partial charge in [-0.15, -0.1) is 0 Å². The van der Waals surface area contributed by atoms with E-state index in [9.17, 15) is 14.4 Å². The maximum atomic E-state index is 12.6. The fraction of sp³-hybridized carbons (Fsp3) is 0.886. The van der Waals surface area contributed by atoms with Crippen LogP contribution in [-0.2, 0) is 28.6 Å². The monoisotopic (exact) mass is 707 g/mol. The second-order valence-corrected chi connectivity index (χ2v) is 14.6. The van der Waals surface area contributed by atoms with E-state index in [1.165, 1.54) is 135 Å². The molecule has 0 fully saturated rings. The molecule has 6 heteroatoms. The Kier molecular flexibility index (Phi) is 38.5. The molecule has 0 saturated heterocycles. The highest BCUT2D eigenvalue weighted by Gasteiger charge is 2.19. The first-order valence-electron chi connectivity index (χ1n) is 21.7. The molecule has 0 N–H and O–H groups in total. The highest BCUT2D eigenvalue weighted by atomic mass is 16.6. The fourth-order valence-electron chi connectivity index (χ4n) is 6.21. The summed E-state index contributed by atoms with van der Waals surface area (Å²) in [5, 5.41) is 0. The minimum absolute atomic E-state index is 0.0743. The van der Waals surface area contributed by atoms with Crippen LogP contribution in [0, 0.1) is 0 Å². The van der Waals surface area contributed by atoms with Gasteiger partial charge in [-0.3, -0.25) is 14.4 Å². The van der Waals surface area contributed by atoms with Crippen molar-refractivity contribution in [1.29, 1.82) is 0 Å². The quantitative estimate of drug-likeness (QED) is 0.0274. The van der Waals surface area contributed by atoms with E-state index in [-0.39, 0.29) is 31.1 Å². The van der Waals surface area contributed by atoms with Crippen molar-refractivity contribution in [2.24, 2.45) is 0 Å². The van der Waals surface area contributed by atoms with E-state index < -0.39 is 6.10 Å². The molecule has 0 amide bonds. The molecule has 0 radical (unpaired) electrons. The lowest BCUT2D eigenvalue weighted by molar-refractivity contribution is -0.167. The van der Waals surface area contributed by atoms with E-state index in [0.29, 0.717) is 19.3 Å². The number of allylic oxidation sites excluding steroid dienone is 2. The first kappa shape index (κ1) is 48.1. The summed E-state index contributed by atoms with van der Waals surface area (Å²) in [4.78, 5) is 37.5. The molecule has 0 aromatic carbocycles. The van der Waals surface area contributed by atoms with Crippen LogP contribution in [-0.4, -0.2) is 37.2 Å². The zero-order valence-electron chi connectivity index (χ0n) is 33.4. The zero-order chi connectivity index (χ0) is 36.6. The highest BCUT2D eigenvalue weighted by Crippen LogP contribution is 2.15. The normalized spacial score (nSPS) is 12.0. The summed E-state index contributed by atoms with van der Waals surface area (Å²) in [5.41, 5.74) is 0. The molecule has 0 rings (SSSR count). The Bertz CT molecular complexity index is 778. The summed E-state index contributed by atoms with van der Waals surface area (Å²) in [6.45, 7) is 6.56. The molecule has 50 heavy (non-hydrogen) atoms. The SMILES string of the molecule is CCCCCC/C=C\CCCC(=O)OCC(COC(=O)CCCCCCCCCCCCCCC)OC(=O)CCCCCCCCCCCC. The summed E-state index contributed by atoms with van der Waals surface area (Å²) >= 11 is 0. The van der Waals surface area contributed by atoms with Crippen molar-refractivity contribution in [3.8, 4) is 0 Å². The average Bonchev–Trinajstić information content (AvgIpc) is 3.11. The van der Waals surface area contributed by atoms with Crippen LogP contribution in [0.5, 0.6) is 0 Å². The Morgan fingerprint density at radius 2 is 0.680 bits per heavy atom. The van der Waals surface area contributed by atoms with E-state index >= 15 is 0 Å². The topological polar surface area (TPSA) is 78.9 Å². The molecule has 0 aromatic rings. The van der Waals surface area contributed by atoms with Crippen LogP contribution in [0.4, 0.5) is 0 Å². The van der Waals surface area contributed by atoms with Crippen LogP contribution in [0.3, 0.4) is 0 Å². The van der Waals surface area contributed by atoms with E-state index in [4.69, 9.17) is 14.2 Å². The molecule has 0 heterocycles. The number of rotatable bonds is 39. The molecule has 0 spiro atoms. The van der Waals surface area contributed by atoms with Gasteiger partial charge in [0.05, 0.1) is 0 Å². The molecule has 294 valence electrons. The third-order valence-corrected chi connectivity index (χ3v) is 9.52. The van der Waals surface area contributed by atoms with Crippen molar-refractivity contribution in [3.63, 3.8) is 0 Å². The molecule has 1 atom stereocenters. The van der Waals surface area contributed by atoms with Gasteiger partial charge in [0, 0.05) is 19.3 Å². The third kappa shape index (κ3) is 37.4. The van der Waals surface area contributed by atoms with Gasteiger partial charge in [0.1, 0.15) is 13.2 Å². The Morgan fingerprint density at radius 3 is 1.08 bits per heavy atom. The van der Waals surface area contributed by atoms with Crippen molar-refractivity contribution >= 4 is 17.9 Å². The second kappa shape index (κ2) is 39.9. The number of hydrogen-bond acceptors (Lipinski definition) is 6. The molecular weight excluding hydrogens is 624 g/mol. The van der Waals surface area contributed by atoms with Gasteiger partial charge < -0.3 is 14.2 Å². The van der Waals surface area contributed by atoms with Crippen LogP contribution in [0.15, 0.2) is 12.2 Å². The summed E-state index contributed by atoms with van der Waals surface area (Å²) < 4.78 is 16.6. The van der Waals surface area contributed by atoms with E-state index in [2.05, 4.69) is 32.9 Å². The van der Waals surface area contributed by atoms with Crippen molar-refractivity contribution in [3.05, 3.63) is 12.2 Å². The standard InChI is InChI=1S/C44H82O6/c1-4-7-10-13-16-19-21-22-23-26-28-31-34-37-43(46)49-40-41(39-48-42(45)36-33-30-27-24-18-15-12-9-6-3)50-44(47)38-35-32-29-25-20-17-14-11-8-5-2/h24,27,41H,4-23,25-26,28-40H2,1-3H3/b27-24-. The van der Waals surface area contributed by atoms with Gasteiger partial charge in [-0.05, 0) is 38.5 Å². The van der Waals surface area contributed by atoms with Gasteiger partial charge >= 0.3 is 17.9 Å². The molecular formula is C44H82O6. The number of ether oxygens (including phenoxy) is 3. The van der Waals surface area contributed by atoms with Crippen LogP contribution >= 0.6 is 0 Å². The van der Waals surface area contributed by atoms with Crippen LogP contribution in [0.1, 0.15) is 233 Å². The maximum absolute atomic E-state index is 12.6. The second-order valence-electron chi connectivity index (χ2n) is 14.6. The zero-order valence-corrected chi connectivity index (χ0v) is 33.4. The number of esters is 3. The molecule has 0 saturated carbocycles. The summed E-state index contributed by atoms with van der Waals surface area (Å²) in [6, 6.07) is 0. The maximum Gasteiger partial charge on any atom is 0.306 e. The lowest BCUT2D eigenvalue weighted by Crippen LogP contribution is -2.30. The van der Waals surface area contributed by atoms with Crippen LogP contribution < -0.4 is 0 Å². The van der Waals surface area contributed by atoms with Gasteiger partial charge in [0.25, 0.3) is 0 Å². The smallest absolute Gasteiger partial charge is 0.306 e. The van der Waals surface area contributed by atoms with Gasteiger partial charge in [-0.2, -0.15) is 0 Å². The summed E-state index contributed by atoms with van der Waals surface area (Å²) in [7, 11) is 0. The number of carbonyl (C=O) groups is 3. The van der Waals surface area contributed by atoms with Gasteiger partial charge in [0.15, 0.2) is 6.10 Å². The largest absolute Gasteiger partial charge is 0.462 e. The third-order valence-electron chi connectivity index (χ3n) is 9.52. The number of carbonyl (C=O) groups excluding carboxylic acids is 3. The number of unbranched alkanes of at least 4 members (excludes halogenated alkanes) is 26. The van der Waals surface area contributed by atoms with Crippen molar-refractivity contribution < 1.29 is 28.6 Å². The predicted molar refractivity (Wildman–Crippen MR) is 210 cm³/mol. The van der Waals surface area contributed by atoms with Gasteiger partial charge in [-0.25, -0.2) is 0 Å². The molecule has 0 bridgehead atoms. The minimum Gasteiger partial charge on any atom is -0.462 e. The molecule has 0 aliphatic heterocycles. The van der Waals surface area contributed by atoms with Gasteiger partial charge in [-0.1, -0.05) is 187 Å². The Labute approximate surface area is 310 Å². The molecule has 1 unspecified atom stereocenters. The first-order chi connectivity index (χ1) is 24.5. The molecule has 0 aliphatic carbocycles. The lowest BCUT2D eigenvalue weighted by atomic mass is 10.0. The Hall–Kier alpha value is -1.85. The Morgan fingerprint density at radius 1 is 0.380 bits per heavy atom. The van der Waals surface area contributed by atoms with Gasteiger partial charge in [0.2, 0.25) is 0 Å². The summed E-state index contributed by atoms with van der Waals surface area (Å²) in [6.07, 6.45) is 40.6. The molecule has 0 aromatic heterocycles.